The second-order valence-corrected chi connectivity index (χ2v) is 7.67. The fraction of sp³-hybridized carbons (Fsp3) is 0.286. The molecule has 1 unspecified atom stereocenters. The lowest BCUT2D eigenvalue weighted by atomic mass is 9.99. The molecule has 8 nitrogen and oxygen atoms in total. The highest BCUT2D eigenvalue weighted by Crippen LogP contribution is 2.40. The fourth-order valence-corrected chi connectivity index (χ4v) is 4.13. The van der Waals surface area contributed by atoms with Gasteiger partial charge in [0.15, 0.2) is 5.82 Å². The second kappa shape index (κ2) is 7.74. The molecule has 0 spiro atoms. The van der Waals surface area contributed by atoms with Crippen LogP contribution in [0.25, 0.3) is 11.3 Å². The van der Waals surface area contributed by atoms with Crippen molar-refractivity contribution in [3.63, 3.8) is 0 Å². The van der Waals surface area contributed by atoms with Gasteiger partial charge in [-0.3, -0.25) is 9.88 Å². The zero-order valence-corrected chi connectivity index (χ0v) is 16.8. The van der Waals surface area contributed by atoms with Crippen molar-refractivity contribution >= 4 is 23.2 Å². The first-order chi connectivity index (χ1) is 15.4. The molecule has 5 rings (SSSR count). The average Bonchev–Trinajstić information content (AvgIpc) is 2.79. The number of urea groups is 1. The smallest absolute Gasteiger partial charge is 0.366 e. The Morgan fingerprint density at radius 3 is 2.69 bits per heavy atom. The standard InChI is InChI=1S/C21H18F3N7O/c22-21(23,24)14-6-13(7-25-8-14)17-3-4-18-19(29-17)31(16-2-1-5-30(18)11-16)20(32)28-15-9-26-12-27-10-15/h3-4,6-10,12,16H,1-2,5,11H2,(H,28,32). The van der Waals surface area contributed by atoms with Crippen LogP contribution in [0, 0.1) is 0 Å². The summed E-state index contributed by atoms with van der Waals surface area (Å²) in [5.74, 6) is 0.408. The van der Waals surface area contributed by atoms with E-state index in [0.29, 0.717) is 23.7 Å². The molecule has 0 radical (unpaired) electrons. The molecule has 2 aliphatic rings. The number of fused-ring (bicyclic) bond motifs is 4. The SMILES string of the molecule is O=C(Nc1cncnc1)N1c2nc(-c3cncc(C(F)(F)F)c3)ccc2N2CCCC1C2. The molecule has 1 N–H and O–H groups in total. The molecule has 0 aliphatic carbocycles. The fourth-order valence-electron chi connectivity index (χ4n) is 4.13. The molecular weight excluding hydrogens is 423 g/mol. The summed E-state index contributed by atoms with van der Waals surface area (Å²) in [4.78, 5) is 33.1. The number of aromatic nitrogens is 4. The number of alkyl halides is 3. The maximum Gasteiger partial charge on any atom is 0.417 e. The third-order valence-electron chi connectivity index (χ3n) is 5.58. The van der Waals surface area contributed by atoms with Crippen LogP contribution in [0.2, 0.25) is 0 Å². The first kappa shape index (κ1) is 20.2. The molecule has 0 saturated carbocycles. The van der Waals surface area contributed by atoms with E-state index in [1.165, 1.54) is 24.9 Å². The summed E-state index contributed by atoms with van der Waals surface area (Å²) in [5.41, 5.74) is 0.892. The summed E-state index contributed by atoms with van der Waals surface area (Å²) >= 11 is 0. The number of hydrogen-bond donors (Lipinski definition) is 1. The van der Waals surface area contributed by atoms with Crippen molar-refractivity contribution in [2.24, 2.45) is 0 Å². The molecule has 164 valence electrons. The van der Waals surface area contributed by atoms with Crippen LogP contribution in [0.5, 0.6) is 0 Å². The van der Waals surface area contributed by atoms with Gasteiger partial charge in [0.2, 0.25) is 0 Å². The summed E-state index contributed by atoms with van der Waals surface area (Å²) in [7, 11) is 0. The predicted molar refractivity (Wildman–Crippen MR) is 111 cm³/mol. The van der Waals surface area contributed by atoms with Crippen LogP contribution < -0.4 is 15.1 Å². The van der Waals surface area contributed by atoms with Gasteiger partial charge in [-0.1, -0.05) is 0 Å². The normalized spacial score (nSPS) is 17.7. The highest BCUT2D eigenvalue weighted by molar-refractivity contribution is 6.04. The maximum absolute atomic E-state index is 13.2. The average molecular weight is 441 g/mol. The van der Waals surface area contributed by atoms with Crippen molar-refractivity contribution in [3.05, 3.63) is 54.9 Å². The predicted octanol–water partition coefficient (Wildman–Crippen LogP) is 3.97. The van der Waals surface area contributed by atoms with Crippen LogP contribution in [0.1, 0.15) is 18.4 Å². The van der Waals surface area contributed by atoms with E-state index in [2.05, 4.69) is 30.2 Å². The summed E-state index contributed by atoms with van der Waals surface area (Å²) in [5, 5.41) is 2.79. The lowest BCUT2D eigenvalue weighted by Crippen LogP contribution is -2.56. The molecule has 11 heteroatoms. The quantitative estimate of drug-likeness (QED) is 0.648. The molecule has 2 aliphatic heterocycles. The van der Waals surface area contributed by atoms with Gasteiger partial charge in [0, 0.05) is 31.0 Å². The summed E-state index contributed by atoms with van der Waals surface area (Å²) in [6, 6.07) is 3.97. The number of carbonyl (C=O) groups is 1. The van der Waals surface area contributed by atoms with Crippen LogP contribution in [0.15, 0.2) is 49.3 Å². The Morgan fingerprint density at radius 1 is 1.09 bits per heavy atom. The van der Waals surface area contributed by atoms with E-state index in [-0.39, 0.29) is 17.6 Å². The van der Waals surface area contributed by atoms with Gasteiger partial charge in [0.25, 0.3) is 0 Å². The molecule has 3 aromatic heterocycles. The molecule has 1 atom stereocenters. The van der Waals surface area contributed by atoms with Gasteiger partial charge >= 0.3 is 12.2 Å². The van der Waals surface area contributed by atoms with Crippen LogP contribution in [0.4, 0.5) is 35.2 Å². The van der Waals surface area contributed by atoms with Gasteiger partial charge in [0.1, 0.15) is 6.33 Å². The van der Waals surface area contributed by atoms with Crippen molar-refractivity contribution in [3.8, 4) is 11.3 Å². The van der Waals surface area contributed by atoms with Gasteiger partial charge in [-0.05, 0) is 31.0 Å². The zero-order valence-electron chi connectivity index (χ0n) is 16.8. The maximum atomic E-state index is 13.2. The Balaban J connectivity index is 1.55. The van der Waals surface area contributed by atoms with Crippen molar-refractivity contribution in [1.82, 2.24) is 19.9 Å². The third-order valence-corrected chi connectivity index (χ3v) is 5.58. The molecular formula is C21H18F3N7O. The Bertz CT molecular complexity index is 1160. The third kappa shape index (κ3) is 3.70. The number of rotatable bonds is 2. The summed E-state index contributed by atoms with van der Waals surface area (Å²) in [6.45, 7) is 1.50. The molecule has 1 fully saturated rings. The Kier molecular flexibility index (Phi) is 4.87. The number of carbonyl (C=O) groups excluding carboxylic acids is 1. The van der Waals surface area contributed by atoms with E-state index < -0.39 is 11.7 Å². The molecule has 2 amide bonds. The van der Waals surface area contributed by atoms with Crippen LogP contribution in [-0.2, 0) is 6.18 Å². The van der Waals surface area contributed by atoms with E-state index in [4.69, 9.17) is 0 Å². The minimum Gasteiger partial charge on any atom is -0.366 e. The molecule has 0 aromatic carbocycles. The monoisotopic (exact) mass is 441 g/mol. The van der Waals surface area contributed by atoms with E-state index in [0.717, 1.165) is 37.3 Å². The minimum atomic E-state index is -4.51. The molecule has 5 heterocycles. The number of hydrogen-bond acceptors (Lipinski definition) is 6. The Labute approximate surface area is 181 Å². The number of halogens is 3. The Hall–Kier alpha value is -3.76. The van der Waals surface area contributed by atoms with Crippen LogP contribution >= 0.6 is 0 Å². The summed E-state index contributed by atoms with van der Waals surface area (Å²) < 4.78 is 39.4. The second-order valence-electron chi connectivity index (χ2n) is 7.67. The van der Waals surface area contributed by atoms with E-state index in [1.54, 1.807) is 17.0 Å². The molecule has 2 bridgehead atoms. The van der Waals surface area contributed by atoms with Gasteiger partial charge in [-0.15, -0.1) is 0 Å². The number of anilines is 3. The van der Waals surface area contributed by atoms with Crippen molar-refractivity contribution in [2.75, 3.05) is 28.2 Å². The van der Waals surface area contributed by atoms with Crippen LogP contribution in [-0.4, -0.2) is 45.1 Å². The topological polar surface area (TPSA) is 87.1 Å². The molecule has 32 heavy (non-hydrogen) atoms. The number of nitrogens with one attached hydrogen (secondary N) is 1. The van der Waals surface area contributed by atoms with Crippen molar-refractivity contribution < 1.29 is 18.0 Å². The largest absolute Gasteiger partial charge is 0.417 e. The lowest BCUT2D eigenvalue weighted by Gasteiger charge is -2.45. The highest BCUT2D eigenvalue weighted by Gasteiger charge is 2.38. The van der Waals surface area contributed by atoms with Crippen molar-refractivity contribution in [2.45, 2.75) is 25.1 Å². The van der Waals surface area contributed by atoms with Gasteiger partial charge < -0.3 is 10.2 Å². The van der Waals surface area contributed by atoms with E-state index in [1.807, 2.05) is 0 Å². The lowest BCUT2D eigenvalue weighted by molar-refractivity contribution is -0.137. The zero-order chi connectivity index (χ0) is 22.3. The summed E-state index contributed by atoms with van der Waals surface area (Å²) in [6.07, 6.45) is 3.65. The molecule has 3 aromatic rings. The van der Waals surface area contributed by atoms with E-state index >= 15 is 0 Å². The first-order valence-corrected chi connectivity index (χ1v) is 10.0. The van der Waals surface area contributed by atoms with Gasteiger partial charge in [0.05, 0.1) is 41.1 Å². The molecule has 1 saturated heterocycles. The number of piperidine rings is 1. The highest BCUT2D eigenvalue weighted by atomic mass is 19.4. The van der Waals surface area contributed by atoms with Crippen molar-refractivity contribution in [1.29, 1.82) is 0 Å². The van der Waals surface area contributed by atoms with E-state index in [9.17, 15) is 18.0 Å². The number of nitrogens with zero attached hydrogens (tertiary/aromatic N) is 6. The number of pyridine rings is 2. The van der Waals surface area contributed by atoms with Gasteiger partial charge in [-0.2, -0.15) is 13.2 Å². The minimum absolute atomic E-state index is 0.108. The van der Waals surface area contributed by atoms with Crippen LogP contribution in [0.3, 0.4) is 0 Å². The number of amides is 2. The first-order valence-electron chi connectivity index (χ1n) is 10.0. The van der Waals surface area contributed by atoms with Gasteiger partial charge in [-0.25, -0.2) is 19.7 Å². The Morgan fingerprint density at radius 2 is 1.91 bits per heavy atom.